The zero-order valence-electron chi connectivity index (χ0n) is 12.2. The van der Waals surface area contributed by atoms with Crippen molar-refractivity contribution in [3.8, 4) is 11.4 Å². The number of nitrogens with zero attached hydrogens (tertiary/aromatic N) is 2. The van der Waals surface area contributed by atoms with E-state index in [1.54, 1.807) is 12.1 Å². The number of rotatable bonds is 3. The van der Waals surface area contributed by atoms with E-state index in [0.29, 0.717) is 6.54 Å². The van der Waals surface area contributed by atoms with Crippen molar-refractivity contribution < 1.29 is 4.39 Å². The lowest BCUT2D eigenvalue weighted by Crippen LogP contribution is -2.03. The number of fused-ring (bicyclic) bond motifs is 1. The Hall–Kier alpha value is -2.20. The summed E-state index contributed by atoms with van der Waals surface area (Å²) in [5, 5.41) is 0. The molecule has 0 aliphatic carbocycles. The molecule has 2 aromatic carbocycles. The van der Waals surface area contributed by atoms with Gasteiger partial charge in [0.05, 0.1) is 11.0 Å². The average Bonchev–Trinajstić information content (AvgIpc) is 2.86. The smallest absolute Gasteiger partial charge is 0.141 e. The van der Waals surface area contributed by atoms with Crippen LogP contribution in [0.25, 0.3) is 22.4 Å². The Morgan fingerprint density at radius 3 is 2.48 bits per heavy atom. The van der Waals surface area contributed by atoms with Gasteiger partial charge in [0, 0.05) is 18.2 Å². The highest BCUT2D eigenvalue weighted by molar-refractivity contribution is 5.81. The van der Waals surface area contributed by atoms with Gasteiger partial charge < -0.3 is 10.3 Å². The van der Waals surface area contributed by atoms with Crippen molar-refractivity contribution in [3.63, 3.8) is 0 Å². The molecule has 3 aromatic rings. The van der Waals surface area contributed by atoms with E-state index >= 15 is 0 Å². The van der Waals surface area contributed by atoms with Crippen LogP contribution in [0.3, 0.4) is 0 Å². The zero-order chi connectivity index (χ0) is 15.0. The van der Waals surface area contributed by atoms with Gasteiger partial charge in [0.2, 0.25) is 0 Å². The molecule has 0 amide bonds. The first-order valence-electron chi connectivity index (χ1n) is 7.07. The maximum atomic E-state index is 13.1. The summed E-state index contributed by atoms with van der Waals surface area (Å²) in [7, 11) is 0. The third-order valence-corrected chi connectivity index (χ3v) is 3.61. The van der Waals surface area contributed by atoms with Crippen LogP contribution in [-0.4, -0.2) is 9.55 Å². The molecular weight excluding hydrogens is 265 g/mol. The molecule has 0 spiro atoms. The highest BCUT2D eigenvalue weighted by Crippen LogP contribution is 2.29. The number of benzene rings is 2. The van der Waals surface area contributed by atoms with Crippen LogP contribution in [0, 0.1) is 5.82 Å². The topological polar surface area (TPSA) is 43.8 Å². The van der Waals surface area contributed by atoms with Crippen molar-refractivity contribution >= 4 is 11.0 Å². The normalized spacial score (nSPS) is 11.5. The predicted octanol–water partition coefficient (Wildman–Crippen LogP) is 3.88. The first-order valence-corrected chi connectivity index (χ1v) is 7.07. The quantitative estimate of drug-likeness (QED) is 0.792. The van der Waals surface area contributed by atoms with Crippen molar-refractivity contribution in [2.45, 2.75) is 26.4 Å². The van der Waals surface area contributed by atoms with E-state index in [-0.39, 0.29) is 11.9 Å². The van der Waals surface area contributed by atoms with Crippen LogP contribution >= 0.6 is 0 Å². The second kappa shape index (κ2) is 5.30. The molecule has 0 aliphatic rings. The predicted molar refractivity (Wildman–Crippen MR) is 83.4 cm³/mol. The van der Waals surface area contributed by atoms with Gasteiger partial charge in [0.25, 0.3) is 0 Å². The molecule has 0 radical (unpaired) electrons. The molecule has 4 heteroatoms. The lowest BCUT2D eigenvalue weighted by Gasteiger charge is -2.13. The molecule has 1 aromatic heterocycles. The van der Waals surface area contributed by atoms with Crippen LogP contribution < -0.4 is 5.73 Å². The molecule has 21 heavy (non-hydrogen) atoms. The largest absolute Gasteiger partial charge is 0.326 e. The van der Waals surface area contributed by atoms with Gasteiger partial charge in [-0.25, -0.2) is 9.37 Å². The molecule has 2 N–H and O–H groups in total. The average molecular weight is 283 g/mol. The molecule has 3 rings (SSSR count). The number of halogens is 1. The Labute approximate surface area is 123 Å². The van der Waals surface area contributed by atoms with Crippen molar-refractivity contribution in [3.05, 3.63) is 53.8 Å². The second-order valence-corrected chi connectivity index (χ2v) is 5.43. The molecule has 0 fully saturated rings. The minimum Gasteiger partial charge on any atom is -0.326 e. The van der Waals surface area contributed by atoms with Crippen LogP contribution in [0.1, 0.15) is 25.5 Å². The first kappa shape index (κ1) is 13.8. The summed E-state index contributed by atoms with van der Waals surface area (Å²) in [6.45, 7) is 4.73. The van der Waals surface area contributed by atoms with Gasteiger partial charge in [0.1, 0.15) is 11.6 Å². The van der Waals surface area contributed by atoms with E-state index in [1.165, 1.54) is 12.1 Å². The van der Waals surface area contributed by atoms with Crippen LogP contribution in [-0.2, 0) is 6.54 Å². The number of imidazole rings is 1. The second-order valence-electron chi connectivity index (χ2n) is 5.43. The van der Waals surface area contributed by atoms with E-state index in [9.17, 15) is 4.39 Å². The minimum absolute atomic E-state index is 0.239. The van der Waals surface area contributed by atoms with Gasteiger partial charge in [-0.1, -0.05) is 6.07 Å². The Kier molecular flexibility index (Phi) is 3.47. The van der Waals surface area contributed by atoms with E-state index in [2.05, 4.69) is 24.5 Å². The number of hydrogen-bond donors (Lipinski definition) is 1. The summed E-state index contributed by atoms with van der Waals surface area (Å²) in [5.41, 5.74) is 9.66. The molecule has 0 saturated heterocycles. The third kappa shape index (κ3) is 2.43. The first-order chi connectivity index (χ1) is 10.1. The molecule has 0 atom stereocenters. The van der Waals surface area contributed by atoms with E-state index in [0.717, 1.165) is 28.0 Å². The maximum absolute atomic E-state index is 13.1. The summed E-state index contributed by atoms with van der Waals surface area (Å²) >= 11 is 0. The minimum atomic E-state index is -0.239. The molecule has 0 bridgehead atoms. The fourth-order valence-corrected chi connectivity index (χ4v) is 2.60. The van der Waals surface area contributed by atoms with Crippen molar-refractivity contribution in [1.29, 1.82) is 0 Å². The Bertz CT molecular complexity index is 773. The number of aromatic nitrogens is 2. The van der Waals surface area contributed by atoms with Crippen molar-refractivity contribution in [2.24, 2.45) is 5.73 Å². The zero-order valence-corrected chi connectivity index (χ0v) is 12.2. The molecule has 0 unspecified atom stereocenters. The van der Waals surface area contributed by atoms with Gasteiger partial charge in [-0.05, 0) is 55.8 Å². The summed E-state index contributed by atoms with van der Waals surface area (Å²) in [6, 6.07) is 12.8. The standard InChI is InChI=1S/C17H18FN3/c1-11(2)21-16-8-3-12(10-19)9-15(16)20-17(21)13-4-6-14(18)7-5-13/h3-9,11H,10,19H2,1-2H3. The molecule has 1 heterocycles. The molecule has 0 saturated carbocycles. The summed E-state index contributed by atoms with van der Waals surface area (Å²) in [6.07, 6.45) is 0. The highest BCUT2D eigenvalue weighted by atomic mass is 19.1. The lowest BCUT2D eigenvalue weighted by molar-refractivity contribution is 0.621. The van der Waals surface area contributed by atoms with Gasteiger partial charge >= 0.3 is 0 Å². The van der Waals surface area contributed by atoms with Gasteiger partial charge in [-0.3, -0.25) is 0 Å². The van der Waals surface area contributed by atoms with Gasteiger partial charge in [0.15, 0.2) is 0 Å². The highest BCUT2D eigenvalue weighted by Gasteiger charge is 2.15. The molecular formula is C17H18FN3. The van der Waals surface area contributed by atoms with Crippen LogP contribution in [0.5, 0.6) is 0 Å². The molecule has 0 aliphatic heterocycles. The van der Waals surface area contributed by atoms with Crippen LogP contribution in [0.2, 0.25) is 0 Å². The van der Waals surface area contributed by atoms with E-state index < -0.39 is 0 Å². The summed E-state index contributed by atoms with van der Waals surface area (Å²) in [4.78, 5) is 4.73. The lowest BCUT2D eigenvalue weighted by atomic mass is 10.2. The van der Waals surface area contributed by atoms with Crippen LogP contribution in [0.4, 0.5) is 4.39 Å². The SMILES string of the molecule is CC(C)n1c(-c2ccc(F)cc2)nc2cc(CN)ccc21. The molecule has 3 nitrogen and oxygen atoms in total. The third-order valence-electron chi connectivity index (χ3n) is 3.61. The molecule has 108 valence electrons. The Morgan fingerprint density at radius 2 is 1.86 bits per heavy atom. The fraction of sp³-hybridized carbons (Fsp3) is 0.235. The maximum Gasteiger partial charge on any atom is 0.141 e. The fourth-order valence-electron chi connectivity index (χ4n) is 2.60. The Balaban J connectivity index is 2.25. The monoisotopic (exact) mass is 283 g/mol. The Morgan fingerprint density at radius 1 is 1.14 bits per heavy atom. The van der Waals surface area contributed by atoms with Crippen molar-refractivity contribution in [2.75, 3.05) is 0 Å². The van der Waals surface area contributed by atoms with Crippen LogP contribution in [0.15, 0.2) is 42.5 Å². The number of nitrogens with two attached hydrogens (primary N) is 1. The van der Waals surface area contributed by atoms with E-state index in [1.807, 2.05) is 12.1 Å². The van der Waals surface area contributed by atoms with Gasteiger partial charge in [-0.2, -0.15) is 0 Å². The van der Waals surface area contributed by atoms with Gasteiger partial charge in [-0.15, -0.1) is 0 Å². The number of hydrogen-bond acceptors (Lipinski definition) is 2. The summed E-state index contributed by atoms with van der Waals surface area (Å²) < 4.78 is 15.3. The van der Waals surface area contributed by atoms with Crippen molar-refractivity contribution in [1.82, 2.24) is 9.55 Å². The van der Waals surface area contributed by atoms with E-state index in [4.69, 9.17) is 10.7 Å². The summed E-state index contributed by atoms with van der Waals surface area (Å²) in [5.74, 6) is 0.616.